The molecule has 2 aromatic carbocycles. The Morgan fingerprint density at radius 2 is 1.54 bits per heavy atom. The molecular formula is C38H53N5O5. The summed E-state index contributed by atoms with van der Waals surface area (Å²) in [5, 5.41) is 13.4. The van der Waals surface area contributed by atoms with E-state index in [9.17, 15) is 19.5 Å². The van der Waals surface area contributed by atoms with Crippen LogP contribution in [0.5, 0.6) is 5.75 Å². The third-order valence-corrected chi connectivity index (χ3v) is 11.2. The summed E-state index contributed by atoms with van der Waals surface area (Å²) in [6.07, 6.45) is 5.74. The third-order valence-electron chi connectivity index (χ3n) is 11.2. The molecule has 1 atom stereocenters. The molecule has 1 aliphatic carbocycles. The van der Waals surface area contributed by atoms with Crippen LogP contribution in [0.4, 0.5) is 15.3 Å². The van der Waals surface area contributed by atoms with Crippen molar-refractivity contribution in [3.8, 4) is 5.75 Å². The number of phenolic OH excluding ortho intramolecular Hbond substituents is 1. The number of fused-ring (bicyclic) bond motifs is 1. The minimum Gasteiger partial charge on any atom is -0.507 e. The molecule has 6 rings (SSSR count). The number of piperidine rings is 1. The maximum Gasteiger partial charge on any atom is 0.410 e. The van der Waals surface area contributed by atoms with Gasteiger partial charge in [-0.2, -0.15) is 0 Å². The average molecular weight is 660 g/mol. The molecule has 260 valence electrons. The highest BCUT2D eigenvalue weighted by Gasteiger charge is 2.37. The second kappa shape index (κ2) is 14.4. The molecule has 0 unspecified atom stereocenters. The molecule has 0 spiro atoms. The zero-order chi connectivity index (χ0) is 34.0. The zero-order valence-electron chi connectivity index (χ0n) is 29.2. The molecule has 0 bridgehead atoms. The summed E-state index contributed by atoms with van der Waals surface area (Å²) in [4.78, 5) is 48.8. The molecule has 0 aromatic heterocycles. The summed E-state index contributed by atoms with van der Waals surface area (Å²) in [7, 11) is 0. The molecule has 1 saturated carbocycles. The number of aryl methyl sites for hydroxylation is 2. The predicted octanol–water partition coefficient (Wildman–Crippen LogP) is 5.72. The number of nitrogens with one attached hydrogen (secondary N) is 1. The molecular weight excluding hydrogens is 606 g/mol. The average Bonchev–Trinajstić information content (AvgIpc) is 3.24. The van der Waals surface area contributed by atoms with Crippen LogP contribution >= 0.6 is 0 Å². The van der Waals surface area contributed by atoms with E-state index in [1.54, 1.807) is 4.90 Å². The summed E-state index contributed by atoms with van der Waals surface area (Å²) in [6, 6.07) is 12.1. The van der Waals surface area contributed by atoms with E-state index in [1.807, 2.05) is 60.0 Å². The molecule has 4 amide bonds. The molecule has 2 aromatic rings. The zero-order valence-corrected chi connectivity index (χ0v) is 29.2. The Balaban J connectivity index is 1.08. The molecule has 2 N–H and O–H groups in total. The number of carbonyl (C=O) groups excluding carboxylic acids is 3. The van der Waals surface area contributed by atoms with Crippen LogP contribution in [0.15, 0.2) is 36.4 Å². The first kappa shape index (κ1) is 34.1. The van der Waals surface area contributed by atoms with Crippen molar-refractivity contribution >= 4 is 23.7 Å². The maximum atomic E-state index is 14.1. The molecule has 4 aliphatic rings. The fraction of sp³-hybridized carbons (Fsp3) is 0.605. The number of likely N-dealkylation sites (tertiary alicyclic amines) is 1. The Morgan fingerprint density at radius 1 is 0.896 bits per heavy atom. The molecule has 0 radical (unpaired) electrons. The first-order valence-electron chi connectivity index (χ1n) is 17.9. The molecule has 3 heterocycles. The Labute approximate surface area is 285 Å². The SMILES string of the molecule is Cc1cc(C[C@@H](OC(=O)N2CCC(N3CCc4ccccc4NC3=O)CC2)C(=O)N2CCN(C3CCC(C)(C)CC3)CC2)cc(C)c1O. The van der Waals surface area contributed by atoms with E-state index >= 15 is 0 Å². The van der Waals surface area contributed by atoms with Crippen molar-refractivity contribution in [1.29, 1.82) is 0 Å². The highest BCUT2D eigenvalue weighted by Crippen LogP contribution is 2.37. The van der Waals surface area contributed by atoms with E-state index in [-0.39, 0.29) is 30.2 Å². The van der Waals surface area contributed by atoms with E-state index in [2.05, 4.69) is 24.1 Å². The standard InChI is InChI=1S/C38H53N5O5/c1-26-23-28(24-27(2)34(26)44)25-33(35(45)41-21-19-40(20-22-41)30-9-14-38(3,4)15-10-30)48-37(47)42-16-12-31(13-17-42)43-18-11-29-7-5-6-8-32(29)39-36(43)46/h5-8,23-24,30-31,33,44H,9-22,25H2,1-4H3,(H,39,46)/t33-/m1/s1. The maximum absolute atomic E-state index is 14.1. The van der Waals surface area contributed by atoms with E-state index in [0.717, 1.165) is 47.5 Å². The Kier molecular flexibility index (Phi) is 10.2. The van der Waals surface area contributed by atoms with Crippen molar-refractivity contribution in [2.45, 2.75) is 97.2 Å². The van der Waals surface area contributed by atoms with Gasteiger partial charge in [-0.15, -0.1) is 0 Å². The minimum atomic E-state index is -0.963. The number of aromatic hydroxyl groups is 1. The van der Waals surface area contributed by atoms with Gasteiger partial charge in [0.15, 0.2) is 6.10 Å². The van der Waals surface area contributed by atoms with Crippen molar-refractivity contribution in [3.05, 3.63) is 58.7 Å². The fourth-order valence-corrected chi connectivity index (χ4v) is 8.11. The number of amides is 4. The van der Waals surface area contributed by atoms with Gasteiger partial charge in [0.05, 0.1) is 0 Å². The van der Waals surface area contributed by atoms with E-state index in [4.69, 9.17) is 4.74 Å². The number of rotatable bonds is 6. The van der Waals surface area contributed by atoms with Gasteiger partial charge in [-0.3, -0.25) is 9.69 Å². The van der Waals surface area contributed by atoms with Gasteiger partial charge in [-0.25, -0.2) is 9.59 Å². The summed E-state index contributed by atoms with van der Waals surface area (Å²) >= 11 is 0. The Morgan fingerprint density at radius 3 is 2.21 bits per heavy atom. The second-order valence-corrected chi connectivity index (χ2v) is 15.2. The largest absolute Gasteiger partial charge is 0.507 e. The van der Waals surface area contributed by atoms with Gasteiger partial charge < -0.3 is 29.9 Å². The van der Waals surface area contributed by atoms with Crippen molar-refractivity contribution in [1.82, 2.24) is 19.6 Å². The highest BCUT2D eigenvalue weighted by atomic mass is 16.6. The van der Waals surface area contributed by atoms with Crippen molar-refractivity contribution in [2.24, 2.45) is 5.41 Å². The van der Waals surface area contributed by atoms with Gasteiger partial charge in [0.1, 0.15) is 5.75 Å². The number of carbonyl (C=O) groups is 3. The van der Waals surface area contributed by atoms with Crippen LogP contribution in [0.25, 0.3) is 0 Å². The molecule has 2 saturated heterocycles. The van der Waals surface area contributed by atoms with Crippen LogP contribution in [0.3, 0.4) is 0 Å². The Hall–Kier alpha value is -3.79. The molecule has 48 heavy (non-hydrogen) atoms. The number of piperazine rings is 1. The minimum absolute atomic E-state index is 0.0234. The van der Waals surface area contributed by atoms with Gasteiger partial charge >= 0.3 is 12.1 Å². The van der Waals surface area contributed by atoms with Gasteiger partial charge in [-0.05, 0) is 92.5 Å². The predicted molar refractivity (Wildman–Crippen MR) is 186 cm³/mol. The van der Waals surface area contributed by atoms with Crippen molar-refractivity contribution < 1.29 is 24.2 Å². The number of para-hydroxylation sites is 1. The van der Waals surface area contributed by atoms with Crippen molar-refractivity contribution in [3.63, 3.8) is 0 Å². The lowest BCUT2D eigenvalue weighted by Gasteiger charge is -2.44. The molecule has 10 nitrogen and oxygen atoms in total. The number of anilines is 1. The van der Waals surface area contributed by atoms with Crippen molar-refractivity contribution in [2.75, 3.05) is 51.1 Å². The smallest absolute Gasteiger partial charge is 0.410 e. The Bertz CT molecular complexity index is 1460. The lowest BCUT2D eigenvalue weighted by molar-refractivity contribution is -0.143. The van der Waals surface area contributed by atoms with Crippen LogP contribution in [0.2, 0.25) is 0 Å². The number of hydrogen-bond donors (Lipinski definition) is 2. The van der Waals surface area contributed by atoms with Gasteiger partial charge in [0, 0.05) is 70.0 Å². The lowest BCUT2D eigenvalue weighted by atomic mass is 9.75. The quantitative estimate of drug-likeness (QED) is 0.411. The number of ether oxygens (including phenoxy) is 1. The van der Waals surface area contributed by atoms with Crippen LogP contribution in [-0.2, 0) is 22.4 Å². The summed E-state index contributed by atoms with van der Waals surface area (Å²) in [5.74, 6) is 0.0810. The van der Waals surface area contributed by atoms with E-state index in [0.29, 0.717) is 57.0 Å². The van der Waals surface area contributed by atoms with Gasteiger partial charge in [-0.1, -0.05) is 44.2 Å². The summed E-state index contributed by atoms with van der Waals surface area (Å²) in [5.41, 5.74) is 4.72. The number of nitrogens with zero attached hydrogens (tertiary/aromatic N) is 4. The fourth-order valence-electron chi connectivity index (χ4n) is 8.11. The van der Waals surface area contributed by atoms with Crippen LogP contribution < -0.4 is 5.32 Å². The monoisotopic (exact) mass is 659 g/mol. The van der Waals surface area contributed by atoms with Gasteiger partial charge in [0.25, 0.3) is 5.91 Å². The normalized spacial score (nSPS) is 21.7. The first-order valence-corrected chi connectivity index (χ1v) is 17.9. The molecule has 3 fully saturated rings. The van der Waals surface area contributed by atoms with Crippen LogP contribution in [-0.4, -0.2) is 107 Å². The first-order chi connectivity index (χ1) is 23.0. The third kappa shape index (κ3) is 7.74. The number of phenols is 1. The summed E-state index contributed by atoms with van der Waals surface area (Å²) < 4.78 is 6.08. The topological polar surface area (TPSA) is 106 Å². The molecule has 3 aliphatic heterocycles. The highest BCUT2D eigenvalue weighted by molar-refractivity contribution is 5.91. The number of benzene rings is 2. The van der Waals surface area contributed by atoms with Crippen LogP contribution in [0, 0.1) is 19.3 Å². The number of urea groups is 1. The van der Waals surface area contributed by atoms with Crippen LogP contribution in [0.1, 0.15) is 74.6 Å². The second-order valence-electron chi connectivity index (χ2n) is 15.2. The van der Waals surface area contributed by atoms with E-state index < -0.39 is 12.2 Å². The summed E-state index contributed by atoms with van der Waals surface area (Å²) in [6.45, 7) is 12.8. The lowest BCUT2D eigenvalue weighted by Crippen LogP contribution is -2.56. The van der Waals surface area contributed by atoms with Gasteiger partial charge in [0.2, 0.25) is 0 Å². The molecule has 10 heteroatoms. The number of hydrogen-bond acceptors (Lipinski definition) is 6. The van der Waals surface area contributed by atoms with E-state index in [1.165, 1.54) is 25.7 Å².